The summed E-state index contributed by atoms with van der Waals surface area (Å²) in [6.07, 6.45) is 0.803. The summed E-state index contributed by atoms with van der Waals surface area (Å²) in [6.45, 7) is 1.24. The van der Waals surface area contributed by atoms with Crippen LogP contribution in [-0.2, 0) is 13.0 Å². The molecule has 1 amide bonds. The van der Waals surface area contributed by atoms with E-state index in [4.69, 9.17) is 4.52 Å². The first-order chi connectivity index (χ1) is 12.7. The summed E-state index contributed by atoms with van der Waals surface area (Å²) in [7, 11) is 0. The number of aromatic nitrogens is 2. The van der Waals surface area contributed by atoms with Gasteiger partial charge in [-0.2, -0.15) is 0 Å². The molecule has 5 nitrogen and oxygen atoms in total. The number of H-pyrrole nitrogens is 1. The Kier molecular flexibility index (Phi) is 3.72. The van der Waals surface area contributed by atoms with Gasteiger partial charge in [0, 0.05) is 46.7 Å². The maximum Gasteiger partial charge on any atom is 0.276 e. The van der Waals surface area contributed by atoms with E-state index >= 15 is 0 Å². The van der Waals surface area contributed by atoms with Gasteiger partial charge in [-0.1, -0.05) is 23.4 Å². The summed E-state index contributed by atoms with van der Waals surface area (Å²) >= 11 is 5.16. The van der Waals surface area contributed by atoms with Crippen LogP contribution in [0.1, 0.15) is 21.7 Å². The predicted octanol–water partition coefficient (Wildman–Crippen LogP) is 4.85. The topological polar surface area (TPSA) is 62.1 Å². The quantitative estimate of drug-likeness (QED) is 0.497. The van der Waals surface area contributed by atoms with E-state index < -0.39 is 0 Å². The molecule has 0 fully saturated rings. The summed E-state index contributed by atoms with van der Waals surface area (Å²) < 4.78 is 6.40. The lowest BCUT2D eigenvalue weighted by molar-refractivity contribution is 0.0724. The average Bonchev–Trinajstić information content (AvgIpc) is 3.39. The number of amides is 1. The first-order valence-electron chi connectivity index (χ1n) is 8.28. The average molecular weight is 428 g/mol. The SMILES string of the molecule is O=C(c1cc(-c2cccs2)on1)N1CCc2[nH]c3c(Br)cccc3c2C1. The van der Waals surface area contributed by atoms with Gasteiger partial charge >= 0.3 is 0 Å². The van der Waals surface area contributed by atoms with Gasteiger partial charge in [-0.05, 0) is 33.4 Å². The van der Waals surface area contributed by atoms with Crippen LogP contribution in [-0.4, -0.2) is 27.5 Å². The Balaban J connectivity index is 1.45. The minimum Gasteiger partial charge on any atom is -0.357 e. The molecule has 1 aliphatic heterocycles. The number of rotatable bonds is 2. The third kappa shape index (κ3) is 2.50. The van der Waals surface area contributed by atoms with Crippen LogP contribution in [0.25, 0.3) is 21.5 Å². The van der Waals surface area contributed by atoms with Crippen molar-refractivity contribution in [2.75, 3.05) is 6.54 Å². The van der Waals surface area contributed by atoms with Crippen molar-refractivity contribution < 1.29 is 9.32 Å². The molecular weight excluding hydrogens is 414 g/mol. The van der Waals surface area contributed by atoms with Crippen LogP contribution < -0.4 is 0 Å². The van der Waals surface area contributed by atoms with E-state index in [2.05, 4.69) is 32.1 Å². The lowest BCUT2D eigenvalue weighted by Gasteiger charge is -2.26. The van der Waals surface area contributed by atoms with Crippen LogP contribution >= 0.6 is 27.3 Å². The normalized spacial score (nSPS) is 14.0. The van der Waals surface area contributed by atoms with Gasteiger partial charge in [0.1, 0.15) is 0 Å². The molecule has 0 spiro atoms. The molecule has 1 aromatic carbocycles. The largest absolute Gasteiger partial charge is 0.357 e. The number of nitrogens with zero attached hydrogens (tertiary/aromatic N) is 2. The molecule has 0 bridgehead atoms. The number of nitrogens with one attached hydrogen (secondary N) is 1. The number of para-hydroxylation sites is 1. The molecule has 7 heteroatoms. The zero-order valence-corrected chi connectivity index (χ0v) is 16.1. The molecule has 1 N–H and O–H groups in total. The summed E-state index contributed by atoms with van der Waals surface area (Å²) in [4.78, 5) is 19.2. The molecular formula is C19H14BrN3O2S. The second-order valence-electron chi connectivity index (χ2n) is 6.27. The highest BCUT2D eigenvalue weighted by Gasteiger charge is 2.27. The monoisotopic (exact) mass is 427 g/mol. The van der Waals surface area contributed by atoms with Gasteiger partial charge in [0.2, 0.25) is 0 Å². The van der Waals surface area contributed by atoms with Crippen LogP contribution in [0.5, 0.6) is 0 Å². The number of thiophene rings is 1. The Morgan fingerprint density at radius 3 is 3.08 bits per heavy atom. The number of hydrogen-bond acceptors (Lipinski definition) is 4. The van der Waals surface area contributed by atoms with E-state index in [1.165, 1.54) is 11.3 Å². The number of hydrogen-bond donors (Lipinski definition) is 1. The molecule has 3 aromatic heterocycles. The predicted molar refractivity (Wildman–Crippen MR) is 104 cm³/mol. The molecule has 4 heterocycles. The van der Waals surface area contributed by atoms with Gasteiger partial charge in [-0.25, -0.2) is 0 Å². The summed E-state index contributed by atoms with van der Waals surface area (Å²) in [5.41, 5.74) is 3.84. The van der Waals surface area contributed by atoms with Crippen LogP contribution in [0, 0.1) is 0 Å². The third-order valence-corrected chi connectivity index (χ3v) is 6.29. The van der Waals surface area contributed by atoms with E-state index in [1.807, 2.05) is 34.5 Å². The fourth-order valence-electron chi connectivity index (χ4n) is 3.45. The van der Waals surface area contributed by atoms with Crippen molar-refractivity contribution in [2.45, 2.75) is 13.0 Å². The van der Waals surface area contributed by atoms with E-state index in [9.17, 15) is 4.79 Å². The molecule has 0 radical (unpaired) electrons. The Labute approximate surface area is 161 Å². The van der Waals surface area contributed by atoms with Crippen molar-refractivity contribution in [3.05, 3.63) is 63.2 Å². The minimum atomic E-state index is -0.0912. The van der Waals surface area contributed by atoms with Gasteiger partial charge in [0.25, 0.3) is 5.91 Å². The van der Waals surface area contributed by atoms with Crippen molar-refractivity contribution in [3.8, 4) is 10.6 Å². The van der Waals surface area contributed by atoms with Crippen LogP contribution in [0.2, 0.25) is 0 Å². The highest BCUT2D eigenvalue weighted by atomic mass is 79.9. The van der Waals surface area contributed by atoms with Gasteiger partial charge < -0.3 is 14.4 Å². The van der Waals surface area contributed by atoms with Crippen LogP contribution in [0.4, 0.5) is 0 Å². The van der Waals surface area contributed by atoms with Gasteiger partial charge in [0.15, 0.2) is 11.5 Å². The second kappa shape index (κ2) is 6.10. The third-order valence-electron chi connectivity index (χ3n) is 4.74. The number of fused-ring (bicyclic) bond motifs is 3. The van der Waals surface area contributed by atoms with Crippen molar-refractivity contribution in [1.82, 2.24) is 15.0 Å². The fraction of sp³-hybridized carbons (Fsp3) is 0.158. The molecule has 0 saturated carbocycles. The van der Waals surface area contributed by atoms with Crippen molar-refractivity contribution >= 4 is 44.1 Å². The van der Waals surface area contributed by atoms with Gasteiger partial charge in [-0.15, -0.1) is 11.3 Å². The first-order valence-corrected chi connectivity index (χ1v) is 9.96. The highest BCUT2D eigenvalue weighted by molar-refractivity contribution is 9.10. The molecule has 1 aliphatic rings. The maximum absolute atomic E-state index is 12.9. The molecule has 0 atom stereocenters. The molecule has 0 saturated heterocycles. The molecule has 0 unspecified atom stereocenters. The smallest absolute Gasteiger partial charge is 0.276 e. The Morgan fingerprint density at radius 2 is 2.23 bits per heavy atom. The van der Waals surface area contributed by atoms with Gasteiger partial charge in [-0.3, -0.25) is 4.79 Å². The minimum absolute atomic E-state index is 0.0912. The number of halogens is 1. The standard InChI is InChI=1S/C19H14BrN3O2S/c20-13-4-1-3-11-12-10-23(7-6-14(12)21-18(11)13)19(24)15-9-16(25-22-15)17-5-2-8-26-17/h1-5,8-9,21H,6-7,10H2. The van der Waals surface area contributed by atoms with E-state index in [1.54, 1.807) is 17.4 Å². The molecule has 5 rings (SSSR count). The van der Waals surface area contributed by atoms with Crippen LogP contribution in [0.15, 0.2) is 50.8 Å². The Hall–Kier alpha value is -2.38. The number of carbonyl (C=O) groups excluding carboxylic acids is 1. The number of carbonyl (C=O) groups is 1. The summed E-state index contributed by atoms with van der Waals surface area (Å²) in [5.74, 6) is 0.545. The lowest BCUT2D eigenvalue weighted by atomic mass is 10.0. The van der Waals surface area contributed by atoms with Crippen molar-refractivity contribution in [1.29, 1.82) is 0 Å². The Morgan fingerprint density at radius 1 is 1.31 bits per heavy atom. The van der Waals surface area contributed by atoms with E-state index in [-0.39, 0.29) is 5.91 Å². The molecule has 0 aliphatic carbocycles. The fourth-order valence-corrected chi connectivity index (χ4v) is 4.59. The zero-order chi connectivity index (χ0) is 17.7. The zero-order valence-electron chi connectivity index (χ0n) is 13.7. The first kappa shape index (κ1) is 15.8. The number of benzene rings is 1. The highest BCUT2D eigenvalue weighted by Crippen LogP contribution is 2.32. The molecule has 4 aromatic rings. The van der Waals surface area contributed by atoms with Crippen molar-refractivity contribution in [2.24, 2.45) is 0 Å². The lowest BCUT2D eigenvalue weighted by Crippen LogP contribution is -2.35. The number of aromatic amines is 1. The van der Waals surface area contributed by atoms with E-state index in [0.717, 1.165) is 26.7 Å². The summed E-state index contributed by atoms with van der Waals surface area (Å²) in [5, 5.41) is 7.12. The molecule has 130 valence electrons. The van der Waals surface area contributed by atoms with E-state index in [0.29, 0.717) is 24.5 Å². The van der Waals surface area contributed by atoms with Crippen LogP contribution in [0.3, 0.4) is 0 Å². The van der Waals surface area contributed by atoms with Crippen molar-refractivity contribution in [3.63, 3.8) is 0 Å². The second-order valence-corrected chi connectivity index (χ2v) is 8.08. The maximum atomic E-state index is 12.9. The van der Waals surface area contributed by atoms with Gasteiger partial charge in [0.05, 0.1) is 10.4 Å². The summed E-state index contributed by atoms with van der Waals surface area (Å²) in [6, 6.07) is 11.8. The molecule has 26 heavy (non-hydrogen) atoms. The Bertz CT molecular complexity index is 1110.